The minimum atomic E-state index is -0.362. The van der Waals surface area contributed by atoms with Crippen LogP contribution < -0.4 is 10.1 Å². The van der Waals surface area contributed by atoms with Gasteiger partial charge in [-0.1, -0.05) is 5.16 Å². The SMILES string of the molecule is Cc1noc(C(C)NC(=O)c2ccc(OCC3CC3)nc2)n1. The molecule has 2 aromatic heterocycles. The van der Waals surface area contributed by atoms with Gasteiger partial charge >= 0.3 is 0 Å². The molecule has 0 saturated heterocycles. The smallest absolute Gasteiger partial charge is 0.253 e. The molecule has 2 aromatic rings. The number of ether oxygens (including phenoxy) is 1. The maximum atomic E-state index is 12.1. The number of nitrogens with zero attached hydrogens (tertiary/aromatic N) is 3. The van der Waals surface area contributed by atoms with Crippen molar-refractivity contribution < 1.29 is 14.1 Å². The molecule has 7 nitrogen and oxygen atoms in total. The molecule has 1 aliphatic carbocycles. The zero-order valence-corrected chi connectivity index (χ0v) is 12.6. The Hall–Kier alpha value is -2.44. The molecule has 0 aliphatic heterocycles. The van der Waals surface area contributed by atoms with Crippen LogP contribution in [0, 0.1) is 12.8 Å². The van der Waals surface area contributed by atoms with Crippen molar-refractivity contribution in [3.8, 4) is 5.88 Å². The first kappa shape index (κ1) is 14.5. The van der Waals surface area contributed by atoms with Crippen LogP contribution in [-0.4, -0.2) is 27.6 Å². The normalized spacial score (nSPS) is 15.4. The van der Waals surface area contributed by atoms with Gasteiger partial charge < -0.3 is 14.6 Å². The van der Waals surface area contributed by atoms with Crippen LogP contribution in [0.1, 0.15) is 47.9 Å². The van der Waals surface area contributed by atoms with Gasteiger partial charge in [0.05, 0.1) is 12.2 Å². The highest BCUT2D eigenvalue weighted by Crippen LogP contribution is 2.29. The van der Waals surface area contributed by atoms with Gasteiger partial charge in [0.15, 0.2) is 5.82 Å². The fourth-order valence-corrected chi connectivity index (χ4v) is 1.92. The van der Waals surface area contributed by atoms with Crippen molar-refractivity contribution >= 4 is 5.91 Å². The maximum absolute atomic E-state index is 12.1. The summed E-state index contributed by atoms with van der Waals surface area (Å²) in [4.78, 5) is 20.4. The number of hydrogen-bond donors (Lipinski definition) is 1. The number of amides is 1. The van der Waals surface area contributed by atoms with E-state index in [4.69, 9.17) is 9.26 Å². The van der Waals surface area contributed by atoms with E-state index in [9.17, 15) is 4.79 Å². The summed E-state index contributed by atoms with van der Waals surface area (Å²) >= 11 is 0. The lowest BCUT2D eigenvalue weighted by Gasteiger charge is -2.10. The van der Waals surface area contributed by atoms with Gasteiger partial charge in [-0.2, -0.15) is 4.98 Å². The fourth-order valence-electron chi connectivity index (χ4n) is 1.92. The summed E-state index contributed by atoms with van der Waals surface area (Å²) in [5.41, 5.74) is 0.460. The topological polar surface area (TPSA) is 90.1 Å². The summed E-state index contributed by atoms with van der Waals surface area (Å²) in [6, 6.07) is 3.04. The van der Waals surface area contributed by atoms with Crippen LogP contribution in [0.5, 0.6) is 5.88 Å². The molecular formula is C15H18N4O3. The average Bonchev–Trinajstić information content (AvgIpc) is 3.25. The molecule has 1 N–H and O–H groups in total. The van der Waals surface area contributed by atoms with Gasteiger partial charge in [0, 0.05) is 12.3 Å². The molecule has 0 bridgehead atoms. The molecule has 1 amide bonds. The molecule has 7 heteroatoms. The number of hydrogen-bond acceptors (Lipinski definition) is 6. The largest absolute Gasteiger partial charge is 0.477 e. The van der Waals surface area contributed by atoms with Crippen molar-refractivity contribution in [1.29, 1.82) is 0 Å². The summed E-state index contributed by atoms with van der Waals surface area (Å²) in [6.45, 7) is 4.21. The number of aromatic nitrogens is 3. The number of aryl methyl sites for hydroxylation is 1. The predicted molar refractivity (Wildman–Crippen MR) is 77.4 cm³/mol. The zero-order chi connectivity index (χ0) is 15.5. The van der Waals surface area contributed by atoms with E-state index < -0.39 is 0 Å². The Kier molecular flexibility index (Phi) is 4.04. The van der Waals surface area contributed by atoms with E-state index in [-0.39, 0.29) is 11.9 Å². The minimum absolute atomic E-state index is 0.246. The number of carbonyl (C=O) groups is 1. The average molecular weight is 302 g/mol. The molecule has 1 unspecified atom stereocenters. The first-order valence-electron chi connectivity index (χ1n) is 7.32. The molecule has 116 valence electrons. The van der Waals surface area contributed by atoms with E-state index in [0.717, 1.165) is 0 Å². The van der Waals surface area contributed by atoms with Crippen LogP contribution in [0.15, 0.2) is 22.9 Å². The molecule has 1 saturated carbocycles. The van der Waals surface area contributed by atoms with Crippen molar-refractivity contribution in [2.75, 3.05) is 6.61 Å². The van der Waals surface area contributed by atoms with Crippen molar-refractivity contribution in [2.24, 2.45) is 5.92 Å². The summed E-state index contributed by atoms with van der Waals surface area (Å²) in [5.74, 6) is 1.88. The molecule has 1 aliphatic rings. The van der Waals surface area contributed by atoms with Crippen molar-refractivity contribution in [3.63, 3.8) is 0 Å². The zero-order valence-electron chi connectivity index (χ0n) is 12.6. The Morgan fingerprint density at radius 1 is 1.50 bits per heavy atom. The molecule has 3 rings (SSSR count). The minimum Gasteiger partial charge on any atom is -0.477 e. The van der Waals surface area contributed by atoms with Gasteiger partial charge in [0.2, 0.25) is 11.8 Å². The van der Waals surface area contributed by atoms with Crippen LogP contribution in [-0.2, 0) is 0 Å². The Morgan fingerprint density at radius 2 is 2.32 bits per heavy atom. The van der Waals surface area contributed by atoms with Crippen molar-refractivity contribution in [1.82, 2.24) is 20.4 Å². The Morgan fingerprint density at radius 3 is 2.91 bits per heavy atom. The van der Waals surface area contributed by atoms with Crippen molar-refractivity contribution in [3.05, 3.63) is 35.6 Å². The number of nitrogens with one attached hydrogen (secondary N) is 1. The maximum Gasteiger partial charge on any atom is 0.253 e. The van der Waals surface area contributed by atoms with E-state index in [1.54, 1.807) is 26.0 Å². The standard InChI is InChI=1S/C15H18N4O3/c1-9(15-18-10(2)19-22-15)17-14(20)12-5-6-13(16-7-12)21-8-11-3-4-11/h5-7,9,11H,3-4,8H2,1-2H3,(H,17,20). The van der Waals surface area contributed by atoms with Crippen molar-refractivity contribution in [2.45, 2.75) is 32.7 Å². The van der Waals surface area contributed by atoms with E-state index in [1.807, 2.05) is 0 Å². The second kappa shape index (κ2) is 6.13. The monoisotopic (exact) mass is 302 g/mol. The third-order valence-corrected chi connectivity index (χ3v) is 3.42. The Balaban J connectivity index is 1.56. The second-order valence-electron chi connectivity index (χ2n) is 5.51. The number of rotatable bonds is 6. The lowest BCUT2D eigenvalue weighted by Crippen LogP contribution is -2.27. The third kappa shape index (κ3) is 3.60. The van der Waals surface area contributed by atoms with Gasteiger partial charge in [0.1, 0.15) is 6.04 Å². The predicted octanol–water partition coefficient (Wildman–Crippen LogP) is 2.05. The molecular weight excluding hydrogens is 284 g/mol. The van der Waals surface area contributed by atoms with Crippen LogP contribution in [0.4, 0.5) is 0 Å². The molecule has 1 atom stereocenters. The summed E-state index contributed by atoms with van der Waals surface area (Å²) in [5, 5.41) is 6.49. The van der Waals surface area contributed by atoms with Crippen LogP contribution >= 0.6 is 0 Å². The number of carbonyl (C=O) groups excluding carboxylic acids is 1. The van der Waals surface area contributed by atoms with E-state index in [0.29, 0.717) is 35.7 Å². The third-order valence-electron chi connectivity index (χ3n) is 3.42. The molecule has 0 spiro atoms. The Labute approximate surface area is 128 Å². The lowest BCUT2D eigenvalue weighted by molar-refractivity contribution is 0.0932. The molecule has 2 heterocycles. The first-order valence-corrected chi connectivity index (χ1v) is 7.32. The fraction of sp³-hybridized carbons (Fsp3) is 0.467. The van der Waals surface area contributed by atoms with Crippen LogP contribution in [0.2, 0.25) is 0 Å². The molecule has 0 aromatic carbocycles. The molecule has 0 radical (unpaired) electrons. The van der Waals surface area contributed by atoms with E-state index in [1.165, 1.54) is 19.0 Å². The van der Waals surface area contributed by atoms with E-state index >= 15 is 0 Å². The summed E-state index contributed by atoms with van der Waals surface area (Å²) in [6.07, 6.45) is 3.96. The lowest BCUT2D eigenvalue weighted by atomic mass is 10.2. The number of pyridine rings is 1. The van der Waals surface area contributed by atoms with Gasteiger partial charge in [0.25, 0.3) is 5.91 Å². The first-order chi connectivity index (χ1) is 10.6. The second-order valence-corrected chi connectivity index (χ2v) is 5.51. The highest BCUT2D eigenvalue weighted by Gasteiger charge is 2.22. The van der Waals surface area contributed by atoms with Gasteiger partial charge in [-0.3, -0.25) is 4.79 Å². The molecule has 22 heavy (non-hydrogen) atoms. The van der Waals surface area contributed by atoms with Gasteiger partial charge in [-0.15, -0.1) is 0 Å². The highest BCUT2D eigenvalue weighted by molar-refractivity contribution is 5.94. The van der Waals surface area contributed by atoms with Gasteiger partial charge in [-0.25, -0.2) is 4.98 Å². The summed E-state index contributed by atoms with van der Waals surface area (Å²) < 4.78 is 10.6. The Bertz CT molecular complexity index is 649. The van der Waals surface area contributed by atoms with Crippen LogP contribution in [0.25, 0.3) is 0 Å². The molecule has 1 fully saturated rings. The highest BCUT2D eigenvalue weighted by atomic mass is 16.5. The van der Waals surface area contributed by atoms with Gasteiger partial charge in [-0.05, 0) is 38.7 Å². The van der Waals surface area contributed by atoms with E-state index in [2.05, 4.69) is 20.4 Å². The van der Waals surface area contributed by atoms with Crippen LogP contribution in [0.3, 0.4) is 0 Å². The quantitative estimate of drug-likeness (QED) is 0.878. The summed E-state index contributed by atoms with van der Waals surface area (Å²) in [7, 11) is 0.